The van der Waals surface area contributed by atoms with Crippen molar-refractivity contribution in [3.05, 3.63) is 29.8 Å². The summed E-state index contributed by atoms with van der Waals surface area (Å²) in [6, 6.07) is 8.15. The molecule has 1 saturated heterocycles. The first kappa shape index (κ1) is 18.5. The highest BCUT2D eigenvalue weighted by Gasteiger charge is 2.38. The number of hydrogen-bond donors (Lipinski definition) is 2. The quantitative estimate of drug-likeness (QED) is 0.836. The largest absolute Gasteiger partial charge is 0.349 e. The van der Waals surface area contributed by atoms with Gasteiger partial charge in [0, 0.05) is 12.1 Å². The predicted molar refractivity (Wildman–Crippen MR) is 107 cm³/mol. The summed E-state index contributed by atoms with van der Waals surface area (Å²) in [7, 11) is 0. The molecule has 1 heterocycles. The van der Waals surface area contributed by atoms with E-state index in [1.807, 2.05) is 18.2 Å². The summed E-state index contributed by atoms with van der Waals surface area (Å²) in [5.41, 5.74) is 1.17. The van der Waals surface area contributed by atoms with Gasteiger partial charge < -0.3 is 10.6 Å². The predicted octanol–water partition coefficient (Wildman–Crippen LogP) is 3.42. The molecule has 3 aliphatic rings. The standard InChI is InChI=1S/C22H31N3O2/c1-15-6-4-7-16-8-5-13-25(21(15)16)14-20(26)24-19-10-3-2-9-18(19)22(27)23-17-11-12-17/h2-3,9-10,15-17,21H,4-8,11-14H2,1H3,(H,23,27)(H,24,26)/t15-,16-,21+/m1/s1. The van der Waals surface area contributed by atoms with E-state index in [0.717, 1.165) is 25.3 Å². The van der Waals surface area contributed by atoms with Gasteiger partial charge in [0.05, 0.1) is 17.8 Å². The number of fused-ring (bicyclic) bond motifs is 1. The van der Waals surface area contributed by atoms with E-state index < -0.39 is 0 Å². The van der Waals surface area contributed by atoms with Crippen LogP contribution in [-0.4, -0.2) is 41.9 Å². The molecule has 146 valence electrons. The van der Waals surface area contributed by atoms with E-state index in [2.05, 4.69) is 22.5 Å². The fraction of sp³-hybridized carbons (Fsp3) is 0.636. The lowest BCUT2D eigenvalue weighted by atomic mass is 9.73. The molecule has 2 saturated carbocycles. The monoisotopic (exact) mass is 369 g/mol. The topological polar surface area (TPSA) is 61.4 Å². The van der Waals surface area contributed by atoms with Crippen molar-refractivity contribution in [3.63, 3.8) is 0 Å². The molecule has 0 aromatic heterocycles. The van der Waals surface area contributed by atoms with E-state index in [4.69, 9.17) is 0 Å². The van der Waals surface area contributed by atoms with Gasteiger partial charge >= 0.3 is 0 Å². The van der Waals surface area contributed by atoms with Crippen molar-refractivity contribution < 1.29 is 9.59 Å². The highest BCUT2D eigenvalue weighted by molar-refractivity contribution is 6.04. The summed E-state index contributed by atoms with van der Waals surface area (Å²) in [5, 5.41) is 6.01. The molecule has 4 rings (SSSR count). The van der Waals surface area contributed by atoms with E-state index in [9.17, 15) is 9.59 Å². The second kappa shape index (κ2) is 8.01. The van der Waals surface area contributed by atoms with Crippen LogP contribution in [0.25, 0.3) is 0 Å². The van der Waals surface area contributed by atoms with E-state index in [-0.39, 0.29) is 11.8 Å². The molecular weight excluding hydrogens is 338 g/mol. The number of anilines is 1. The molecule has 0 spiro atoms. The molecular formula is C22H31N3O2. The van der Waals surface area contributed by atoms with Gasteiger partial charge in [-0.3, -0.25) is 14.5 Å². The van der Waals surface area contributed by atoms with E-state index >= 15 is 0 Å². The smallest absolute Gasteiger partial charge is 0.253 e. The van der Waals surface area contributed by atoms with Gasteiger partial charge in [0.1, 0.15) is 0 Å². The molecule has 27 heavy (non-hydrogen) atoms. The zero-order valence-electron chi connectivity index (χ0n) is 16.2. The van der Waals surface area contributed by atoms with Gasteiger partial charge in [-0.1, -0.05) is 25.5 Å². The molecule has 2 N–H and O–H groups in total. The van der Waals surface area contributed by atoms with E-state index in [1.54, 1.807) is 6.07 Å². The van der Waals surface area contributed by atoms with Crippen molar-refractivity contribution >= 4 is 17.5 Å². The van der Waals surface area contributed by atoms with E-state index in [1.165, 1.54) is 32.1 Å². The molecule has 2 aliphatic carbocycles. The number of para-hydroxylation sites is 1. The van der Waals surface area contributed by atoms with Crippen LogP contribution in [-0.2, 0) is 4.79 Å². The Kier molecular flexibility index (Phi) is 5.48. The first-order valence-electron chi connectivity index (χ1n) is 10.6. The maximum Gasteiger partial charge on any atom is 0.253 e. The maximum absolute atomic E-state index is 12.8. The highest BCUT2D eigenvalue weighted by Crippen LogP contribution is 2.38. The minimum Gasteiger partial charge on any atom is -0.349 e. The summed E-state index contributed by atoms with van der Waals surface area (Å²) in [4.78, 5) is 27.6. The Bertz CT molecular complexity index is 699. The van der Waals surface area contributed by atoms with Gasteiger partial charge in [0.15, 0.2) is 0 Å². The van der Waals surface area contributed by atoms with Crippen molar-refractivity contribution in [2.45, 2.75) is 64.0 Å². The number of rotatable bonds is 5. The van der Waals surface area contributed by atoms with Crippen LogP contribution in [0.4, 0.5) is 5.69 Å². The third kappa shape index (κ3) is 4.34. The van der Waals surface area contributed by atoms with Crippen LogP contribution in [0.15, 0.2) is 24.3 Å². The molecule has 1 aliphatic heterocycles. The molecule has 0 unspecified atom stereocenters. The molecule has 1 aromatic carbocycles. The average molecular weight is 370 g/mol. The molecule has 3 atom stereocenters. The third-order valence-electron chi connectivity index (χ3n) is 6.45. The SMILES string of the molecule is C[C@@H]1CCC[C@@H]2CCCN(CC(=O)Nc3ccccc3C(=O)NC3CC3)[C@H]21. The number of amides is 2. The molecule has 0 bridgehead atoms. The van der Waals surface area contributed by atoms with Crippen LogP contribution in [0.1, 0.15) is 62.2 Å². The average Bonchev–Trinajstić information content (AvgIpc) is 3.46. The van der Waals surface area contributed by atoms with Gasteiger partial charge in [-0.15, -0.1) is 0 Å². The Morgan fingerprint density at radius 1 is 1.07 bits per heavy atom. The van der Waals surface area contributed by atoms with Crippen LogP contribution >= 0.6 is 0 Å². The fourth-order valence-electron chi connectivity index (χ4n) is 5.03. The summed E-state index contributed by atoms with van der Waals surface area (Å²) >= 11 is 0. The van der Waals surface area contributed by atoms with Gasteiger partial charge in [-0.25, -0.2) is 0 Å². The van der Waals surface area contributed by atoms with Crippen molar-refractivity contribution in [2.24, 2.45) is 11.8 Å². The van der Waals surface area contributed by atoms with Crippen LogP contribution in [0.2, 0.25) is 0 Å². The Morgan fingerprint density at radius 2 is 1.85 bits per heavy atom. The Morgan fingerprint density at radius 3 is 2.67 bits per heavy atom. The minimum absolute atomic E-state index is 0.0138. The second-order valence-corrected chi connectivity index (χ2v) is 8.61. The number of benzene rings is 1. The number of nitrogens with zero attached hydrogens (tertiary/aromatic N) is 1. The maximum atomic E-state index is 12.8. The zero-order valence-corrected chi connectivity index (χ0v) is 16.2. The lowest BCUT2D eigenvalue weighted by Crippen LogP contribution is -2.52. The summed E-state index contributed by atoms with van der Waals surface area (Å²) in [6.07, 6.45) is 8.48. The second-order valence-electron chi connectivity index (χ2n) is 8.61. The van der Waals surface area contributed by atoms with Gasteiger partial charge in [0.2, 0.25) is 5.91 Å². The molecule has 1 aromatic rings. The summed E-state index contributed by atoms with van der Waals surface area (Å²) < 4.78 is 0. The van der Waals surface area contributed by atoms with Gasteiger partial charge in [-0.05, 0) is 69.0 Å². The van der Waals surface area contributed by atoms with Crippen LogP contribution in [0, 0.1) is 11.8 Å². The van der Waals surface area contributed by atoms with Crippen LogP contribution in [0.3, 0.4) is 0 Å². The third-order valence-corrected chi connectivity index (χ3v) is 6.45. The molecule has 5 nitrogen and oxygen atoms in total. The molecule has 2 amide bonds. The Balaban J connectivity index is 1.41. The summed E-state index contributed by atoms with van der Waals surface area (Å²) in [5.74, 6) is 1.30. The van der Waals surface area contributed by atoms with E-state index in [0.29, 0.717) is 35.8 Å². The van der Waals surface area contributed by atoms with Crippen molar-refractivity contribution in [1.29, 1.82) is 0 Å². The van der Waals surface area contributed by atoms with Crippen LogP contribution in [0.5, 0.6) is 0 Å². The Labute approximate surface area is 161 Å². The number of nitrogens with one attached hydrogen (secondary N) is 2. The summed E-state index contributed by atoms with van der Waals surface area (Å²) in [6.45, 7) is 3.76. The normalized spacial score (nSPS) is 28.3. The number of carbonyl (C=O) groups excluding carboxylic acids is 2. The lowest BCUT2D eigenvalue weighted by Gasteiger charge is -2.47. The number of carbonyl (C=O) groups is 2. The lowest BCUT2D eigenvalue weighted by molar-refractivity contribution is -0.119. The minimum atomic E-state index is -0.0904. The molecule has 5 heteroatoms. The van der Waals surface area contributed by atoms with Crippen molar-refractivity contribution in [1.82, 2.24) is 10.2 Å². The fourth-order valence-corrected chi connectivity index (χ4v) is 5.03. The van der Waals surface area contributed by atoms with Crippen molar-refractivity contribution in [3.8, 4) is 0 Å². The zero-order chi connectivity index (χ0) is 18.8. The first-order valence-corrected chi connectivity index (χ1v) is 10.6. The first-order chi connectivity index (χ1) is 13.1. The number of hydrogen-bond acceptors (Lipinski definition) is 3. The Hall–Kier alpha value is -1.88. The van der Waals surface area contributed by atoms with Gasteiger partial charge in [-0.2, -0.15) is 0 Å². The van der Waals surface area contributed by atoms with Gasteiger partial charge in [0.25, 0.3) is 5.91 Å². The highest BCUT2D eigenvalue weighted by atomic mass is 16.2. The molecule has 0 radical (unpaired) electrons. The van der Waals surface area contributed by atoms with Crippen molar-refractivity contribution in [2.75, 3.05) is 18.4 Å². The van der Waals surface area contributed by atoms with Crippen LogP contribution < -0.4 is 10.6 Å². The number of piperidine rings is 1. The molecule has 3 fully saturated rings. The number of likely N-dealkylation sites (tertiary alicyclic amines) is 1.